The summed E-state index contributed by atoms with van der Waals surface area (Å²) in [6.07, 6.45) is 5.89. The molecule has 0 bridgehead atoms. The van der Waals surface area contributed by atoms with Gasteiger partial charge in [0, 0.05) is 26.2 Å². The predicted molar refractivity (Wildman–Crippen MR) is 86.9 cm³/mol. The number of carbonyl (C=O) groups is 1. The first kappa shape index (κ1) is 14.6. The molecule has 1 aromatic rings. The third-order valence-electron chi connectivity index (χ3n) is 4.17. The second-order valence-electron chi connectivity index (χ2n) is 6.10. The van der Waals surface area contributed by atoms with Crippen LogP contribution in [-0.2, 0) is 0 Å². The lowest BCUT2D eigenvalue weighted by Crippen LogP contribution is -2.33. The number of anilines is 2. The quantitative estimate of drug-likeness (QED) is 0.877. The Balaban J connectivity index is 1.75. The number of rotatable bonds is 6. The van der Waals surface area contributed by atoms with Crippen LogP contribution in [0.1, 0.15) is 48.7 Å². The summed E-state index contributed by atoms with van der Waals surface area (Å²) in [6, 6.07) is 0. The number of nitrogens with two attached hydrogens (primary N) is 1. The van der Waals surface area contributed by atoms with Crippen LogP contribution in [0.3, 0.4) is 0 Å². The molecule has 1 aromatic heterocycles. The number of nitrogen functional groups attached to an aromatic ring is 1. The topological polar surface area (TPSA) is 62.5 Å². The van der Waals surface area contributed by atoms with Crippen molar-refractivity contribution in [3.05, 3.63) is 4.88 Å². The smallest absolute Gasteiger partial charge is 0.267 e. The Kier molecular flexibility index (Phi) is 4.33. The molecule has 3 rings (SSSR count). The summed E-state index contributed by atoms with van der Waals surface area (Å²) in [5.41, 5.74) is 6.02. The first-order chi connectivity index (χ1) is 10.2. The maximum Gasteiger partial charge on any atom is 0.267 e. The van der Waals surface area contributed by atoms with Gasteiger partial charge in [0.1, 0.15) is 10.7 Å². The Hall–Kier alpha value is -1.30. The second-order valence-corrected chi connectivity index (χ2v) is 7.08. The summed E-state index contributed by atoms with van der Waals surface area (Å²) in [6.45, 7) is 5.86. The van der Waals surface area contributed by atoms with Gasteiger partial charge >= 0.3 is 0 Å². The van der Waals surface area contributed by atoms with E-state index in [-0.39, 0.29) is 5.91 Å². The van der Waals surface area contributed by atoms with Gasteiger partial charge in [-0.05, 0) is 38.0 Å². The molecule has 2 heterocycles. The zero-order valence-electron chi connectivity index (χ0n) is 12.7. The summed E-state index contributed by atoms with van der Waals surface area (Å²) in [4.78, 5) is 22.0. The maximum atomic E-state index is 12.7. The molecule has 21 heavy (non-hydrogen) atoms. The number of nitrogens with zero attached hydrogens (tertiary/aromatic N) is 3. The van der Waals surface area contributed by atoms with E-state index < -0.39 is 0 Å². The molecule has 0 atom stereocenters. The van der Waals surface area contributed by atoms with Crippen LogP contribution >= 0.6 is 11.3 Å². The zero-order chi connectivity index (χ0) is 14.8. The number of carbonyl (C=O) groups excluding carboxylic acids is 1. The molecule has 1 aliphatic heterocycles. The van der Waals surface area contributed by atoms with Crippen molar-refractivity contribution in [2.45, 2.75) is 39.0 Å². The molecule has 5 nitrogen and oxygen atoms in total. The summed E-state index contributed by atoms with van der Waals surface area (Å²) in [7, 11) is 0. The van der Waals surface area contributed by atoms with E-state index in [9.17, 15) is 4.79 Å². The molecule has 1 amide bonds. The number of hydrogen-bond acceptors (Lipinski definition) is 5. The molecule has 0 radical (unpaired) electrons. The lowest BCUT2D eigenvalue weighted by atomic mass is 10.3. The monoisotopic (exact) mass is 308 g/mol. The average Bonchev–Trinajstić information content (AvgIpc) is 2.98. The van der Waals surface area contributed by atoms with Gasteiger partial charge in [-0.25, -0.2) is 4.98 Å². The first-order valence-corrected chi connectivity index (χ1v) is 8.81. The number of thiazole rings is 1. The van der Waals surface area contributed by atoms with Crippen molar-refractivity contribution in [3.63, 3.8) is 0 Å². The molecule has 2 aliphatic rings. The highest BCUT2D eigenvalue weighted by Crippen LogP contribution is 2.33. The Morgan fingerprint density at radius 1 is 1.43 bits per heavy atom. The lowest BCUT2D eigenvalue weighted by Gasteiger charge is -2.21. The van der Waals surface area contributed by atoms with Crippen LogP contribution < -0.4 is 10.6 Å². The number of amides is 1. The van der Waals surface area contributed by atoms with Crippen molar-refractivity contribution < 1.29 is 4.79 Å². The number of hydrogen-bond donors (Lipinski definition) is 1. The van der Waals surface area contributed by atoms with Crippen molar-refractivity contribution in [2.75, 3.05) is 36.8 Å². The fourth-order valence-electron chi connectivity index (χ4n) is 2.82. The molecular weight excluding hydrogens is 284 g/mol. The Labute approximate surface area is 130 Å². The Bertz CT molecular complexity index is 506. The van der Waals surface area contributed by atoms with E-state index in [1.807, 2.05) is 4.90 Å². The molecule has 0 aromatic carbocycles. The van der Waals surface area contributed by atoms with E-state index in [0.717, 1.165) is 37.7 Å². The first-order valence-electron chi connectivity index (χ1n) is 7.99. The highest BCUT2D eigenvalue weighted by atomic mass is 32.1. The molecule has 0 spiro atoms. The summed E-state index contributed by atoms with van der Waals surface area (Å²) >= 11 is 1.47. The van der Waals surface area contributed by atoms with Crippen LogP contribution in [-0.4, -0.2) is 42.0 Å². The van der Waals surface area contributed by atoms with Crippen molar-refractivity contribution in [1.82, 2.24) is 9.88 Å². The molecule has 6 heteroatoms. The van der Waals surface area contributed by atoms with Crippen LogP contribution in [0.25, 0.3) is 0 Å². The van der Waals surface area contributed by atoms with Gasteiger partial charge in [0.2, 0.25) is 0 Å². The van der Waals surface area contributed by atoms with E-state index in [1.165, 1.54) is 37.0 Å². The van der Waals surface area contributed by atoms with Gasteiger partial charge in [0.15, 0.2) is 5.13 Å². The highest BCUT2D eigenvalue weighted by Gasteiger charge is 2.29. The van der Waals surface area contributed by atoms with E-state index in [1.54, 1.807) is 0 Å². The summed E-state index contributed by atoms with van der Waals surface area (Å²) < 4.78 is 0. The molecule has 116 valence electrons. The van der Waals surface area contributed by atoms with Crippen molar-refractivity contribution in [3.8, 4) is 0 Å². The Morgan fingerprint density at radius 2 is 2.14 bits per heavy atom. The van der Waals surface area contributed by atoms with Crippen LogP contribution in [0, 0.1) is 5.92 Å². The largest absolute Gasteiger partial charge is 0.382 e. The SMILES string of the molecule is CCCN(CC1CC1)C(=O)c1sc(N2CCCC2)nc1N. The maximum absolute atomic E-state index is 12.7. The molecular formula is C15H24N4OS. The van der Waals surface area contributed by atoms with Gasteiger partial charge in [-0.2, -0.15) is 0 Å². The molecule has 2 N–H and O–H groups in total. The van der Waals surface area contributed by atoms with Crippen LogP contribution in [0.2, 0.25) is 0 Å². The van der Waals surface area contributed by atoms with Gasteiger partial charge in [0.05, 0.1) is 0 Å². The van der Waals surface area contributed by atoms with Crippen LogP contribution in [0.15, 0.2) is 0 Å². The van der Waals surface area contributed by atoms with E-state index in [2.05, 4.69) is 16.8 Å². The van der Waals surface area contributed by atoms with E-state index >= 15 is 0 Å². The second kappa shape index (κ2) is 6.22. The minimum absolute atomic E-state index is 0.0733. The van der Waals surface area contributed by atoms with Crippen molar-refractivity contribution in [2.24, 2.45) is 5.92 Å². The van der Waals surface area contributed by atoms with Crippen molar-refractivity contribution >= 4 is 28.2 Å². The van der Waals surface area contributed by atoms with E-state index in [4.69, 9.17) is 5.73 Å². The minimum atomic E-state index is 0.0733. The standard InChI is InChI=1S/C15H24N4OS/c1-2-7-19(10-11-5-6-11)14(20)12-13(16)17-15(21-12)18-8-3-4-9-18/h11H,2-10,16H2,1H3. The third kappa shape index (κ3) is 3.31. The van der Waals surface area contributed by atoms with Gasteiger partial charge in [-0.15, -0.1) is 0 Å². The van der Waals surface area contributed by atoms with E-state index in [0.29, 0.717) is 16.6 Å². The fraction of sp³-hybridized carbons (Fsp3) is 0.733. The minimum Gasteiger partial charge on any atom is -0.382 e. The highest BCUT2D eigenvalue weighted by molar-refractivity contribution is 7.18. The Morgan fingerprint density at radius 3 is 2.76 bits per heavy atom. The van der Waals surface area contributed by atoms with Gasteiger partial charge < -0.3 is 15.5 Å². The predicted octanol–water partition coefficient (Wildman–Crippen LogP) is 2.59. The van der Waals surface area contributed by atoms with Crippen LogP contribution in [0.4, 0.5) is 10.9 Å². The molecule has 1 saturated heterocycles. The number of aromatic nitrogens is 1. The van der Waals surface area contributed by atoms with Gasteiger partial charge in [-0.1, -0.05) is 18.3 Å². The van der Waals surface area contributed by atoms with Gasteiger partial charge in [0.25, 0.3) is 5.91 Å². The summed E-state index contributed by atoms with van der Waals surface area (Å²) in [5.74, 6) is 1.18. The lowest BCUT2D eigenvalue weighted by molar-refractivity contribution is 0.0753. The fourth-order valence-corrected chi connectivity index (χ4v) is 3.82. The molecule has 0 unspecified atom stereocenters. The normalized spacial score (nSPS) is 18.2. The van der Waals surface area contributed by atoms with Crippen molar-refractivity contribution in [1.29, 1.82) is 0 Å². The molecule has 1 saturated carbocycles. The zero-order valence-corrected chi connectivity index (χ0v) is 13.5. The average molecular weight is 308 g/mol. The van der Waals surface area contributed by atoms with Crippen LogP contribution in [0.5, 0.6) is 0 Å². The van der Waals surface area contributed by atoms with Gasteiger partial charge in [-0.3, -0.25) is 4.79 Å². The summed E-state index contributed by atoms with van der Waals surface area (Å²) in [5, 5.41) is 0.913. The molecule has 2 fully saturated rings. The third-order valence-corrected chi connectivity index (χ3v) is 5.29. The molecule has 1 aliphatic carbocycles.